The minimum absolute atomic E-state index is 0.219. The molecule has 0 radical (unpaired) electrons. The zero-order valence-electron chi connectivity index (χ0n) is 12.3. The van der Waals surface area contributed by atoms with Gasteiger partial charge in [-0.2, -0.15) is 0 Å². The molecule has 2 aliphatic rings. The molecule has 4 heteroatoms. The van der Waals surface area contributed by atoms with Gasteiger partial charge in [0.05, 0.1) is 6.04 Å². The van der Waals surface area contributed by atoms with Gasteiger partial charge in [0.2, 0.25) is 5.91 Å². The number of amides is 1. The van der Waals surface area contributed by atoms with E-state index >= 15 is 0 Å². The summed E-state index contributed by atoms with van der Waals surface area (Å²) in [6.07, 6.45) is 8.55. The molecule has 0 spiro atoms. The van der Waals surface area contributed by atoms with E-state index in [4.69, 9.17) is 5.73 Å². The van der Waals surface area contributed by atoms with E-state index in [1.165, 1.54) is 38.5 Å². The van der Waals surface area contributed by atoms with E-state index in [1.54, 1.807) is 0 Å². The van der Waals surface area contributed by atoms with Crippen molar-refractivity contribution in [1.82, 2.24) is 9.80 Å². The van der Waals surface area contributed by atoms with Crippen LogP contribution in [0.4, 0.5) is 0 Å². The number of nitrogens with zero attached hydrogens (tertiary/aromatic N) is 2. The minimum Gasteiger partial charge on any atom is -0.336 e. The van der Waals surface area contributed by atoms with Crippen LogP contribution < -0.4 is 5.73 Å². The molecule has 1 atom stereocenters. The summed E-state index contributed by atoms with van der Waals surface area (Å²) in [5.74, 6) is 0.962. The summed E-state index contributed by atoms with van der Waals surface area (Å²) in [6, 6.07) is 0.219. The smallest absolute Gasteiger partial charge is 0.223 e. The Labute approximate surface area is 117 Å². The summed E-state index contributed by atoms with van der Waals surface area (Å²) < 4.78 is 0. The molecule has 0 aromatic carbocycles. The first-order valence-electron chi connectivity index (χ1n) is 7.88. The summed E-state index contributed by atoms with van der Waals surface area (Å²) in [5, 5.41) is 0. The van der Waals surface area contributed by atoms with E-state index in [0.717, 1.165) is 26.1 Å². The van der Waals surface area contributed by atoms with Gasteiger partial charge in [-0.1, -0.05) is 25.7 Å². The first kappa shape index (κ1) is 14.8. The zero-order chi connectivity index (χ0) is 13.7. The normalized spacial score (nSPS) is 27.3. The molecule has 19 heavy (non-hydrogen) atoms. The van der Waals surface area contributed by atoms with Crippen LogP contribution in [0.5, 0.6) is 0 Å². The summed E-state index contributed by atoms with van der Waals surface area (Å²) in [5.41, 5.74) is 5.83. The van der Waals surface area contributed by atoms with Crippen molar-refractivity contribution in [2.45, 2.75) is 51.0 Å². The Morgan fingerprint density at radius 3 is 2.47 bits per heavy atom. The molecule has 1 saturated carbocycles. The largest absolute Gasteiger partial charge is 0.336 e. The molecule has 1 heterocycles. The van der Waals surface area contributed by atoms with Crippen LogP contribution in [0, 0.1) is 5.92 Å². The molecule has 2 rings (SSSR count). The zero-order valence-corrected chi connectivity index (χ0v) is 12.3. The highest BCUT2D eigenvalue weighted by molar-refractivity contribution is 5.77. The number of carbonyl (C=O) groups is 1. The molecule has 0 bridgehead atoms. The predicted molar refractivity (Wildman–Crippen MR) is 77.9 cm³/mol. The van der Waals surface area contributed by atoms with Gasteiger partial charge in [-0.3, -0.25) is 4.79 Å². The molecule has 1 aliphatic carbocycles. The fourth-order valence-corrected chi connectivity index (χ4v) is 3.47. The van der Waals surface area contributed by atoms with Gasteiger partial charge in [0, 0.05) is 32.6 Å². The highest BCUT2D eigenvalue weighted by Crippen LogP contribution is 2.26. The summed E-state index contributed by atoms with van der Waals surface area (Å²) in [6.45, 7) is 3.34. The van der Waals surface area contributed by atoms with Crippen LogP contribution in [-0.2, 0) is 4.79 Å². The Morgan fingerprint density at radius 2 is 1.84 bits per heavy atom. The quantitative estimate of drug-likeness (QED) is 0.787. The van der Waals surface area contributed by atoms with Gasteiger partial charge in [0.1, 0.15) is 0 Å². The Kier molecular flexibility index (Phi) is 5.64. The standard InChI is InChI=1S/C15H29N3O/c1-17-8-9-18(14(11-16)12-17)15(19)10-13-6-4-2-3-5-7-13/h13-14H,2-12,16H2,1H3. The average molecular weight is 267 g/mol. The van der Waals surface area contributed by atoms with E-state index in [-0.39, 0.29) is 6.04 Å². The van der Waals surface area contributed by atoms with Crippen molar-refractivity contribution < 1.29 is 4.79 Å². The van der Waals surface area contributed by atoms with Crippen LogP contribution >= 0.6 is 0 Å². The molecule has 2 fully saturated rings. The summed E-state index contributed by atoms with van der Waals surface area (Å²) in [4.78, 5) is 16.8. The molecular weight excluding hydrogens is 238 g/mol. The Hall–Kier alpha value is -0.610. The first-order valence-corrected chi connectivity index (χ1v) is 7.88. The highest BCUT2D eigenvalue weighted by atomic mass is 16.2. The van der Waals surface area contributed by atoms with Gasteiger partial charge < -0.3 is 15.5 Å². The van der Waals surface area contributed by atoms with Crippen molar-refractivity contribution in [2.24, 2.45) is 11.7 Å². The Bertz CT molecular complexity index is 287. The van der Waals surface area contributed by atoms with Gasteiger partial charge >= 0.3 is 0 Å². The summed E-state index contributed by atoms with van der Waals surface area (Å²) in [7, 11) is 2.11. The van der Waals surface area contributed by atoms with Gasteiger partial charge in [0.15, 0.2) is 0 Å². The lowest BCUT2D eigenvalue weighted by Crippen LogP contribution is -2.57. The molecule has 4 nitrogen and oxygen atoms in total. The third-order valence-corrected chi connectivity index (χ3v) is 4.72. The van der Waals surface area contributed by atoms with Crippen LogP contribution in [0.3, 0.4) is 0 Å². The van der Waals surface area contributed by atoms with E-state index < -0.39 is 0 Å². The molecule has 1 aliphatic heterocycles. The maximum Gasteiger partial charge on any atom is 0.223 e. The fraction of sp³-hybridized carbons (Fsp3) is 0.933. The Balaban J connectivity index is 1.87. The van der Waals surface area contributed by atoms with Gasteiger partial charge in [-0.15, -0.1) is 0 Å². The molecular formula is C15H29N3O. The van der Waals surface area contributed by atoms with Crippen LogP contribution in [0.15, 0.2) is 0 Å². The maximum absolute atomic E-state index is 12.5. The molecule has 110 valence electrons. The second kappa shape index (κ2) is 7.25. The number of piperazine rings is 1. The first-order chi connectivity index (χ1) is 9.20. The van der Waals surface area contributed by atoms with E-state index in [0.29, 0.717) is 18.4 Å². The van der Waals surface area contributed by atoms with Crippen LogP contribution in [0.1, 0.15) is 44.9 Å². The lowest BCUT2D eigenvalue weighted by Gasteiger charge is -2.40. The number of hydrogen-bond donors (Lipinski definition) is 1. The third kappa shape index (κ3) is 4.18. The number of likely N-dealkylation sites (N-methyl/N-ethyl adjacent to an activating group) is 1. The van der Waals surface area contributed by atoms with E-state index in [1.807, 2.05) is 4.90 Å². The fourth-order valence-electron chi connectivity index (χ4n) is 3.47. The SMILES string of the molecule is CN1CCN(C(=O)CC2CCCCCC2)C(CN)C1. The number of hydrogen-bond acceptors (Lipinski definition) is 3. The highest BCUT2D eigenvalue weighted by Gasteiger charge is 2.29. The lowest BCUT2D eigenvalue weighted by atomic mass is 9.95. The molecule has 1 amide bonds. The molecule has 1 saturated heterocycles. The van der Waals surface area contributed by atoms with E-state index in [2.05, 4.69) is 11.9 Å². The maximum atomic E-state index is 12.5. The molecule has 1 unspecified atom stereocenters. The molecule has 0 aromatic rings. The van der Waals surface area contributed by atoms with Crippen LogP contribution in [0.25, 0.3) is 0 Å². The van der Waals surface area contributed by atoms with Crippen molar-refractivity contribution in [3.8, 4) is 0 Å². The number of nitrogens with two attached hydrogens (primary N) is 1. The van der Waals surface area contributed by atoms with Crippen molar-refractivity contribution in [3.05, 3.63) is 0 Å². The van der Waals surface area contributed by atoms with Gasteiger partial charge in [0.25, 0.3) is 0 Å². The monoisotopic (exact) mass is 267 g/mol. The van der Waals surface area contributed by atoms with Crippen molar-refractivity contribution in [3.63, 3.8) is 0 Å². The van der Waals surface area contributed by atoms with E-state index in [9.17, 15) is 4.79 Å². The number of carbonyl (C=O) groups excluding carboxylic acids is 1. The van der Waals surface area contributed by atoms with Crippen molar-refractivity contribution >= 4 is 5.91 Å². The van der Waals surface area contributed by atoms with Crippen molar-refractivity contribution in [2.75, 3.05) is 33.2 Å². The van der Waals surface area contributed by atoms with Crippen LogP contribution in [-0.4, -0.2) is 55.0 Å². The van der Waals surface area contributed by atoms with Crippen molar-refractivity contribution in [1.29, 1.82) is 0 Å². The van der Waals surface area contributed by atoms with Crippen LogP contribution in [0.2, 0.25) is 0 Å². The predicted octanol–water partition coefficient (Wildman–Crippen LogP) is 1.45. The molecule has 0 aromatic heterocycles. The number of rotatable bonds is 3. The second-order valence-electron chi connectivity index (χ2n) is 6.30. The molecule has 2 N–H and O–H groups in total. The van der Waals surface area contributed by atoms with Gasteiger partial charge in [-0.05, 0) is 25.8 Å². The lowest BCUT2D eigenvalue weighted by molar-refractivity contribution is -0.136. The topological polar surface area (TPSA) is 49.6 Å². The Morgan fingerprint density at radius 1 is 1.16 bits per heavy atom. The summed E-state index contributed by atoms with van der Waals surface area (Å²) >= 11 is 0. The third-order valence-electron chi connectivity index (χ3n) is 4.72. The average Bonchev–Trinajstić information content (AvgIpc) is 2.67. The minimum atomic E-state index is 0.219. The van der Waals surface area contributed by atoms with Gasteiger partial charge in [-0.25, -0.2) is 0 Å². The second-order valence-corrected chi connectivity index (χ2v) is 6.30.